The normalized spacial score (nSPS) is 13.1. The van der Waals surface area contributed by atoms with E-state index in [0.717, 1.165) is 60.6 Å². The molecule has 0 N–H and O–H groups in total. The lowest BCUT2D eigenvalue weighted by Crippen LogP contribution is -1.96. The van der Waals surface area contributed by atoms with E-state index in [9.17, 15) is 9.13 Å². The molecule has 2 rings (SSSR count). The van der Waals surface area contributed by atoms with Gasteiger partial charge in [-0.2, -0.15) is 0 Å². The predicted octanol–water partition coefficient (Wildman–Crippen LogP) is 5.39. The molecule has 0 heterocycles. The molecule has 0 aliphatic rings. The highest BCUT2D eigenvalue weighted by Gasteiger charge is 2.08. The Labute approximate surface area is 170 Å². The summed E-state index contributed by atoms with van der Waals surface area (Å²) in [7, 11) is 0.0566. The summed E-state index contributed by atoms with van der Waals surface area (Å²) in [5, 5.41) is 0. The van der Waals surface area contributed by atoms with Crippen LogP contribution in [-0.2, 0) is 22.0 Å². The molecule has 2 aromatic rings. The fraction of sp³-hybridized carbons (Fsp3) is 0.455. The third-order valence-corrected chi connectivity index (χ3v) is 8.81. The standard InChI is InChI=1S/C22H32O4P2/c1-25-21-13-5-3-9-19(21)11-7-15-27(23)17-18-28(24)16-8-12-20-10-4-6-14-22(20)26-2/h3-6,9-10,13-14,27-28H,7-8,11-12,15-18H2,1-2H3. The molecule has 0 aliphatic heterocycles. The lowest BCUT2D eigenvalue weighted by Gasteiger charge is -2.09. The number of hydrogen-bond acceptors (Lipinski definition) is 4. The van der Waals surface area contributed by atoms with E-state index in [0.29, 0.717) is 12.3 Å². The van der Waals surface area contributed by atoms with Crippen molar-refractivity contribution in [3.05, 3.63) is 59.7 Å². The lowest BCUT2D eigenvalue weighted by atomic mass is 10.1. The van der Waals surface area contributed by atoms with Gasteiger partial charge in [-0.05, 0) is 61.3 Å². The van der Waals surface area contributed by atoms with E-state index in [1.807, 2.05) is 36.4 Å². The first-order chi connectivity index (χ1) is 13.6. The van der Waals surface area contributed by atoms with Crippen molar-refractivity contribution < 1.29 is 18.6 Å². The summed E-state index contributed by atoms with van der Waals surface area (Å²) in [5.74, 6) is 1.78. The number of hydrogen-bond donors (Lipinski definition) is 0. The monoisotopic (exact) mass is 422 g/mol. The molecule has 0 bridgehead atoms. The van der Waals surface area contributed by atoms with Gasteiger partial charge in [-0.15, -0.1) is 0 Å². The van der Waals surface area contributed by atoms with E-state index < -0.39 is 15.6 Å². The van der Waals surface area contributed by atoms with Gasteiger partial charge in [0.05, 0.1) is 29.8 Å². The van der Waals surface area contributed by atoms with Gasteiger partial charge < -0.3 is 18.6 Å². The number of aryl methyl sites for hydroxylation is 2. The van der Waals surface area contributed by atoms with Crippen molar-refractivity contribution in [1.82, 2.24) is 0 Å². The summed E-state index contributed by atoms with van der Waals surface area (Å²) in [6, 6.07) is 15.9. The summed E-state index contributed by atoms with van der Waals surface area (Å²) >= 11 is 0. The van der Waals surface area contributed by atoms with Crippen LogP contribution >= 0.6 is 15.6 Å². The van der Waals surface area contributed by atoms with Gasteiger partial charge in [0.25, 0.3) is 0 Å². The zero-order valence-corrected chi connectivity index (χ0v) is 18.9. The van der Waals surface area contributed by atoms with Gasteiger partial charge in [-0.1, -0.05) is 36.4 Å². The van der Waals surface area contributed by atoms with Crippen LogP contribution in [0.25, 0.3) is 0 Å². The van der Waals surface area contributed by atoms with E-state index in [4.69, 9.17) is 9.47 Å². The van der Waals surface area contributed by atoms with Crippen molar-refractivity contribution in [3.8, 4) is 11.5 Å². The van der Waals surface area contributed by atoms with Crippen LogP contribution in [0.4, 0.5) is 0 Å². The summed E-state index contributed by atoms with van der Waals surface area (Å²) in [6.07, 6.45) is 6.17. The van der Waals surface area contributed by atoms with Crippen molar-refractivity contribution in [3.63, 3.8) is 0 Å². The van der Waals surface area contributed by atoms with Gasteiger partial charge in [0.2, 0.25) is 0 Å². The van der Waals surface area contributed by atoms with Crippen molar-refractivity contribution in [2.45, 2.75) is 25.7 Å². The Balaban J connectivity index is 1.62. The summed E-state index contributed by atoms with van der Waals surface area (Å²) in [5.41, 5.74) is 2.31. The van der Waals surface area contributed by atoms with Crippen molar-refractivity contribution in [2.24, 2.45) is 0 Å². The van der Waals surface area contributed by atoms with Gasteiger partial charge in [-0.3, -0.25) is 0 Å². The van der Waals surface area contributed by atoms with Gasteiger partial charge in [0.1, 0.15) is 11.5 Å². The Morgan fingerprint density at radius 3 is 1.43 bits per heavy atom. The van der Waals surface area contributed by atoms with E-state index in [2.05, 4.69) is 12.1 Å². The zero-order valence-electron chi connectivity index (χ0n) is 16.9. The molecule has 0 saturated heterocycles. The maximum atomic E-state index is 12.3. The smallest absolute Gasteiger partial charge is 0.122 e. The molecule has 2 aromatic carbocycles. The molecule has 2 atom stereocenters. The first kappa shape index (κ1) is 22.8. The topological polar surface area (TPSA) is 52.6 Å². The fourth-order valence-electron chi connectivity index (χ4n) is 3.30. The summed E-state index contributed by atoms with van der Waals surface area (Å²) in [4.78, 5) is 0. The molecule has 28 heavy (non-hydrogen) atoms. The van der Waals surface area contributed by atoms with Crippen LogP contribution in [0.5, 0.6) is 11.5 Å². The number of benzene rings is 2. The Bertz CT molecular complexity index is 711. The van der Waals surface area contributed by atoms with Gasteiger partial charge >= 0.3 is 0 Å². The third-order valence-electron chi connectivity index (χ3n) is 4.87. The number of ether oxygens (including phenoxy) is 2. The van der Waals surface area contributed by atoms with Crippen LogP contribution < -0.4 is 9.47 Å². The molecule has 0 fully saturated rings. The summed E-state index contributed by atoms with van der Waals surface area (Å²) < 4.78 is 35.3. The van der Waals surface area contributed by atoms with Gasteiger partial charge in [0, 0.05) is 12.3 Å². The minimum Gasteiger partial charge on any atom is -0.496 e. The predicted molar refractivity (Wildman–Crippen MR) is 120 cm³/mol. The number of methoxy groups -OCH3 is 2. The molecule has 0 radical (unpaired) electrons. The van der Waals surface area contributed by atoms with E-state index in [-0.39, 0.29) is 0 Å². The molecular formula is C22H32O4P2. The molecule has 154 valence electrons. The highest BCUT2D eigenvalue weighted by molar-refractivity contribution is 7.49. The highest BCUT2D eigenvalue weighted by atomic mass is 31.1. The minimum atomic E-state index is -1.65. The van der Waals surface area contributed by atoms with Crippen LogP contribution in [0.2, 0.25) is 0 Å². The fourth-order valence-corrected chi connectivity index (χ4v) is 7.17. The maximum absolute atomic E-state index is 12.3. The van der Waals surface area contributed by atoms with Crippen LogP contribution in [0, 0.1) is 0 Å². The Hall–Kier alpha value is -1.50. The highest BCUT2D eigenvalue weighted by Crippen LogP contribution is 2.31. The molecule has 6 heteroatoms. The molecule has 0 saturated carbocycles. The molecule has 0 amide bonds. The van der Waals surface area contributed by atoms with Crippen molar-refractivity contribution in [2.75, 3.05) is 38.9 Å². The minimum absolute atomic E-state index is 0.614. The summed E-state index contributed by atoms with van der Waals surface area (Å²) in [6.45, 7) is 0. The largest absolute Gasteiger partial charge is 0.496 e. The van der Waals surface area contributed by atoms with E-state index >= 15 is 0 Å². The lowest BCUT2D eigenvalue weighted by molar-refractivity contribution is 0.409. The van der Waals surface area contributed by atoms with Crippen molar-refractivity contribution >= 4 is 15.6 Å². The van der Waals surface area contributed by atoms with Crippen LogP contribution in [0.15, 0.2) is 48.5 Å². The van der Waals surface area contributed by atoms with Gasteiger partial charge in [0.15, 0.2) is 0 Å². The van der Waals surface area contributed by atoms with Crippen LogP contribution in [0.1, 0.15) is 24.0 Å². The molecular weight excluding hydrogens is 390 g/mol. The van der Waals surface area contributed by atoms with Crippen LogP contribution in [-0.4, -0.2) is 38.9 Å². The molecule has 2 unspecified atom stereocenters. The quantitative estimate of drug-likeness (QED) is 0.406. The van der Waals surface area contributed by atoms with E-state index in [1.54, 1.807) is 14.2 Å². The zero-order chi connectivity index (χ0) is 20.2. The third kappa shape index (κ3) is 7.86. The SMILES string of the molecule is COc1ccccc1CCC[PH](=O)CC[PH](=O)CCCc1ccccc1OC. The average molecular weight is 422 g/mol. The number of para-hydroxylation sites is 2. The Morgan fingerprint density at radius 2 is 1.04 bits per heavy atom. The second-order valence-corrected chi connectivity index (χ2v) is 11.1. The molecule has 0 aromatic heterocycles. The second kappa shape index (κ2) is 12.9. The van der Waals surface area contributed by atoms with E-state index in [1.165, 1.54) is 0 Å². The average Bonchev–Trinajstić information content (AvgIpc) is 2.73. The van der Waals surface area contributed by atoms with Crippen molar-refractivity contribution in [1.29, 1.82) is 0 Å². The second-order valence-electron chi connectivity index (χ2n) is 6.91. The van der Waals surface area contributed by atoms with Crippen LogP contribution in [0.3, 0.4) is 0 Å². The Kier molecular flexibility index (Phi) is 10.5. The molecule has 4 nitrogen and oxygen atoms in total. The molecule has 0 aliphatic carbocycles. The Morgan fingerprint density at radius 1 is 0.643 bits per heavy atom. The first-order valence-electron chi connectivity index (χ1n) is 9.91. The number of rotatable bonds is 13. The maximum Gasteiger partial charge on any atom is 0.122 e. The first-order valence-corrected chi connectivity index (χ1v) is 13.6. The van der Waals surface area contributed by atoms with Gasteiger partial charge in [-0.25, -0.2) is 0 Å². The molecule has 0 spiro atoms.